The second kappa shape index (κ2) is 23.3. The molecular formula is C22H46OS. The van der Waals surface area contributed by atoms with E-state index < -0.39 is 0 Å². The summed E-state index contributed by atoms with van der Waals surface area (Å²) >= 11 is 2.07. The molecule has 0 aliphatic heterocycles. The summed E-state index contributed by atoms with van der Waals surface area (Å²) in [6, 6.07) is 0. The molecule has 0 atom stereocenters. The Morgan fingerprint density at radius 2 is 0.792 bits per heavy atom. The monoisotopic (exact) mass is 358 g/mol. The Balaban J connectivity index is 2.93. The van der Waals surface area contributed by atoms with Crippen molar-refractivity contribution >= 4 is 11.8 Å². The molecule has 0 aliphatic carbocycles. The maximum Gasteiger partial charge on any atom is 0.0431 e. The highest BCUT2D eigenvalue weighted by Gasteiger charge is 1.95. The summed E-state index contributed by atoms with van der Waals surface area (Å²) in [5.74, 6) is 2.56. The van der Waals surface area contributed by atoms with E-state index in [9.17, 15) is 0 Å². The molecule has 0 aliphatic rings. The van der Waals surface area contributed by atoms with Gasteiger partial charge in [-0.1, -0.05) is 103 Å². The molecule has 0 spiro atoms. The second-order valence-corrected chi connectivity index (χ2v) is 8.57. The van der Waals surface area contributed by atoms with Crippen LogP contribution < -0.4 is 0 Å². The topological polar surface area (TPSA) is 20.2 Å². The van der Waals surface area contributed by atoms with Crippen LogP contribution >= 0.6 is 11.8 Å². The molecule has 0 rings (SSSR count). The smallest absolute Gasteiger partial charge is 0.0431 e. The van der Waals surface area contributed by atoms with Gasteiger partial charge in [0.25, 0.3) is 0 Å². The molecule has 1 nitrogen and oxygen atoms in total. The van der Waals surface area contributed by atoms with Crippen molar-refractivity contribution in [1.29, 1.82) is 0 Å². The van der Waals surface area contributed by atoms with Crippen LogP contribution in [-0.2, 0) is 0 Å². The van der Waals surface area contributed by atoms with Gasteiger partial charge in [-0.3, -0.25) is 0 Å². The van der Waals surface area contributed by atoms with Gasteiger partial charge in [-0.25, -0.2) is 0 Å². The first kappa shape index (κ1) is 24.3. The summed E-state index contributed by atoms with van der Waals surface area (Å²) < 4.78 is 0. The molecule has 1 N–H and O–H groups in total. The summed E-state index contributed by atoms with van der Waals surface area (Å²) in [6.45, 7) is 2.65. The second-order valence-electron chi connectivity index (χ2n) is 7.35. The van der Waals surface area contributed by atoms with Crippen molar-refractivity contribution in [3.8, 4) is 0 Å². The van der Waals surface area contributed by atoms with Gasteiger partial charge in [0.05, 0.1) is 0 Å². The van der Waals surface area contributed by atoms with Gasteiger partial charge in [0.1, 0.15) is 0 Å². The normalized spacial score (nSPS) is 11.2. The highest BCUT2D eigenvalue weighted by atomic mass is 32.2. The summed E-state index contributed by atoms with van der Waals surface area (Å²) in [7, 11) is 0. The lowest BCUT2D eigenvalue weighted by Gasteiger charge is -2.04. The van der Waals surface area contributed by atoms with Crippen LogP contribution in [0.3, 0.4) is 0 Å². The number of thioether (sulfide) groups is 1. The highest BCUT2D eigenvalue weighted by molar-refractivity contribution is 7.99. The van der Waals surface area contributed by atoms with Crippen LogP contribution in [-0.4, -0.2) is 23.2 Å². The fraction of sp³-hybridized carbons (Fsp3) is 1.00. The van der Waals surface area contributed by atoms with Crippen LogP contribution in [0.1, 0.15) is 122 Å². The Morgan fingerprint density at radius 1 is 0.458 bits per heavy atom. The van der Waals surface area contributed by atoms with E-state index in [0.717, 1.165) is 6.42 Å². The molecule has 0 bridgehead atoms. The minimum atomic E-state index is 0.361. The Labute approximate surface area is 157 Å². The summed E-state index contributed by atoms with van der Waals surface area (Å²) in [4.78, 5) is 0. The van der Waals surface area contributed by atoms with E-state index in [0.29, 0.717) is 6.61 Å². The molecule has 0 saturated carbocycles. The van der Waals surface area contributed by atoms with E-state index in [1.807, 2.05) is 0 Å². The first-order chi connectivity index (χ1) is 11.9. The van der Waals surface area contributed by atoms with Crippen molar-refractivity contribution in [2.45, 2.75) is 122 Å². The molecule has 0 aromatic rings. The minimum Gasteiger partial charge on any atom is -0.396 e. The molecule has 146 valence electrons. The maximum absolute atomic E-state index is 8.71. The first-order valence-corrected chi connectivity index (χ1v) is 12.3. The Morgan fingerprint density at radius 3 is 1.17 bits per heavy atom. The van der Waals surface area contributed by atoms with Crippen LogP contribution in [0.5, 0.6) is 0 Å². The number of hydrogen-bond donors (Lipinski definition) is 1. The fourth-order valence-electron chi connectivity index (χ4n) is 3.17. The third-order valence-electron chi connectivity index (χ3n) is 4.84. The van der Waals surface area contributed by atoms with Crippen molar-refractivity contribution in [2.75, 3.05) is 18.1 Å². The molecule has 2 heteroatoms. The summed E-state index contributed by atoms with van der Waals surface area (Å²) in [6.07, 6.45) is 25.3. The molecular weight excluding hydrogens is 312 g/mol. The lowest BCUT2D eigenvalue weighted by atomic mass is 10.0. The van der Waals surface area contributed by atoms with Crippen LogP contribution in [0, 0.1) is 0 Å². The average molecular weight is 359 g/mol. The Bertz CT molecular complexity index is 186. The molecule has 0 fully saturated rings. The molecule has 0 saturated heterocycles. The zero-order valence-electron chi connectivity index (χ0n) is 16.7. The quantitative estimate of drug-likeness (QED) is 0.212. The van der Waals surface area contributed by atoms with E-state index in [2.05, 4.69) is 18.7 Å². The van der Waals surface area contributed by atoms with E-state index in [4.69, 9.17) is 5.11 Å². The van der Waals surface area contributed by atoms with Crippen molar-refractivity contribution in [1.82, 2.24) is 0 Å². The highest BCUT2D eigenvalue weighted by Crippen LogP contribution is 2.14. The van der Waals surface area contributed by atoms with Crippen LogP contribution in [0.25, 0.3) is 0 Å². The van der Waals surface area contributed by atoms with Crippen molar-refractivity contribution in [3.63, 3.8) is 0 Å². The van der Waals surface area contributed by atoms with Crippen molar-refractivity contribution in [3.05, 3.63) is 0 Å². The predicted molar refractivity (Wildman–Crippen MR) is 113 cm³/mol. The van der Waals surface area contributed by atoms with Crippen LogP contribution in [0.4, 0.5) is 0 Å². The number of unbranched alkanes of at least 4 members (excludes halogenated alkanes) is 16. The third-order valence-corrected chi connectivity index (χ3v) is 5.99. The maximum atomic E-state index is 8.71. The van der Waals surface area contributed by atoms with Crippen molar-refractivity contribution in [2.24, 2.45) is 0 Å². The van der Waals surface area contributed by atoms with Gasteiger partial charge in [0.15, 0.2) is 0 Å². The minimum absolute atomic E-state index is 0.361. The SMILES string of the molecule is CCCCCCCCCCCCCCCCCCSCCCCO. The molecule has 0 aromatic heterocycles. The van der Waals surface area contributed by atoms with Crippen LogP contribution in [0.15, 0.2) is 0 Å². The Kier molecular flexibility index (Phi) is 23.6. The largest absolute Gasteiger partial charge is 0.396 e. The van der Waals surface area contributed by atoms with Gasteiger partial charge >= 0.3 is 0 Å². The lowest BCUT2D eigenvalue weighted by molar-refractivity contribution is 0.287. The summed E-state index contributed by atoms with van der Waals surface area (Å²) in [5, 5.41) is 8.71. The van der Waals surface area contributed by atoms with E-state index >= 15 is 0 Å². The van der Waals surface area contributed by atoms with Gasteiger partial charge in [-0.05, 0) is 30.8 Å². The van der Waals surface area contributed by atoms with Gasteiger partial charge < -0.3 is 5.11 Å². The molecule has 0 radical (unpaired) electrons. The third kappa shape index (κ3) is 22.3. The lowest BCUT2D eigenvalue weighted by Crippen LogP contribution is -1.88. The van der Waals surface area contributed by atoms with Gasteiger partial charge in [0.2, 0.25) is 0 Å². The van der Waals surface area contributed by atoms with E-state index in [1.165, 1.54) is 121 Å². The van der Waals surface area contributed by atoms with Crippen LogP contribution in [0.2, 0.25) is 0 Å². The average Bonchev–Trinajstić information content (AvgIpc) is 2.60. The van der Waals surface area contributed by atoms with Gasteiger partial charge in [-0.2, -0.15) is 11.8 Å². The number of rotatable bonds is 21. The summed E-state index contributed by atoms with van der Waals surface area (Å²) in [5.41, 5.74) is 0. The number of hydrogen-bond acceptors (Lipinski definition) is 2. The molecule has 24 heavy (non-hydrogen) atoms. The molecule has 0 unspecified atom stereocenters. The van der Waals surface area contributed by atoms with Gasteiger partial charge in [-0.15, -0.1) is 0 Å². The Hall–Kier alpha value is 0.310. The van der Waals surface area contributed by atoms with E-state index in [1.54, 1.807) is 0 Å². The van der Waals surface area contributed by atoms with Gasteiger partial charge in [0, 0.05) is 6.61 Å². The molecule has 0 aromatic carbocycles. The predicted octanol–water partition coefficient (Wildman–Crippen LogP) is 7.75. The van der Waals surface area contributed by atoms with E-state index in [-0.39, 0.29) is 0 Å². The number of aliphatic hydroxyl groups excluding tert-OH is 1. The zero-order chi connectivity index (χ0) is 17.6. The first-order valence-electron chi connectivity index (χ1n) is 11.1. The molecule has 0 heterocycles. The van der Waals surface area contributed by atoms with Crippen molar-refractivity contribution < 1.29 is 5.11 Å². The zero-order valence-corrected chi connectivity index (χ0v) is 17.5. The number of aliphatic hydroxyl groups is 1. The standard InChI is InChI=1S/C22H46OS/c1-2-3-4-5-6-7-8-9-10-11-12-13-14-15-16-18-21-24-22-19-17-20-23/h23H,2-22H2,1H3. The fourth-order valence-corrected chi connectivity index (χ4v) is 4.19. The molecule has 0 amide bonds.